The summed E-state index contributed by atoms with van der Waals surface area (Å²) in [5.41, 5.74) is 7.91. The molecule has 0 bridgehead atoms. The molecule has 1 rings (SSSR count). The highest BCUT2D eigenvalue weighted by Crippen LogP contribution is 2.08. The SMILES string of the molecule is CC(C)N1NC(C(N)=O)=NC1C. The number of nitrogens with two attached hydrogens (primary N) is 1. The van der Waals surface area contributed by atoms with Gasteiger partial charge in [0, 0.05) is 6.04 Å². The van der Waals surface area contributed by atoms with E-state index < -0.39 is 5.91 Å². The molecule has 0 aliphatic carbocycles. The first-order valence-electron chi connectivity index (χ1n) is 3.95. The maximum atomic E-state index is 10.7. The molecule has 5 nitrogen and oxygen atoms in total. The highest BCUT2D eigenvalue weighted by molar-refractivity contribution is 6.37. The lowest BCUT2D eigenvalue weighted by atomic mass is 10.3. The standard InChI is InChI=1S/C7H14N4O/c1-4(2)11-5(3)9-7(10-11)6(8)12/h4-5H,1-3H3,(H2,8,12)(H,9,10). The van der Waals surface area contributed by atoms with Crippen LogP contribution in [-0.2, 0) is 4.79 Å². The normalized spacial score (nSPS) is 24.0. The van der Waals surface area contributed by atoms with Gasteiger partial charge in [-0.2, -0.15) is 5.01 Å². The smallest absolute Gasteiger partial charge is 0.285 e. The van der Waals surface area contributed by atoms with Crippen LogP contribution in [0.1, 0.15) is 20.8 Å². The summed E-state index contributed by atoms with van der Waals surface area (Å²) in [6.07, 6.45) is -0.0208. The Morgan fingerprint density at radius 2 is 2.33 bits per heavy atom. The molecule has 1 atom stereocenters. The molecular formula is C7H14N4O. The Balaban J connectivity index is 2.67. The number of aliphatic imine (C=N–C) groups is 1. The molecule has 0 saturated heterocycles. The van der Waals surface area contributed by atoms with Gasteiger partial charge in [-0.1, -0.05) is 0 Å². The van der Waals surface area contributed by atoms with E-state index >= 15 is 0 Å². The van der Waals surface area contributed by atoms with Gasteiger partial charge in [-0.3, -0.25) is 10.2 Å². The molecule has 0 aromatic rings. The van der Waals surface area contributed by atoms with Crippen molar-refractivity contribution in [3.05, 3.63) is 0 Å². The average Bonchev–Trinajstić information content (AvgIpc) is 2.30. The molecule has 0 saturated carbocycles. The van der Waals surface area contributed by atoms with Gasteiger partial charge in [-0.15, -0.1) is 0 Å². The third-order valence-corrected chi connectivity index (χ3v) is 1.74. The predicted octanol–water partition coefficient (Wildman–Crippen LogP) is -0.555. The molecule has 1 aliphatic heterocycles. The van der Waals surface area contributed by atoms with Crippen LogP contribution in [0.2, 0.25) is 0 Å². The van der Waals surface area contributed by atoms with Crippen LogP contribution in [0.5, 0.6) is 0 Å². The zero-order valence-electron chi connectivity index (χ0n) is 7.53. The average molecular weight is 170 g/mol. The van der Waals surface area contributed by atoms with Crippen molar-refractivity contribution < 1.29 is 4.79 Å². The number of nitrogens with one attached hydrogen (secondary N) is 1. The van der Waals surface area contributed by atoms with E-state index in [-0.39, 0.29) is 12.0 Å². The highest BCUT2D eigenvalue weighted by Gasteiger charge is 2.26. The summed E-state index contributed by atoms with van der Waals surface area (Å²) in [6.45, 7) is 5.94. The number of rotatable bonds is 2. The van der Waals surface area contributed by atoms with Crippen LogP contribution in [0.3, 0.4) is 0 Å². The Labute approximate surface area is 71.6 Å². The van der Waals surface area contributed by atoms with Crippen LogP contribution < -0.4 is 11.2 Å². The maximum Gasteiger partial charge on any atom is 0.285 e. The number of hydrogen-bond acceptors (Lipinski definition) is 4. The molecule has 1 unspecified atom stereocenters. The van der Waals surface area contributed by atoms with Crippen molar-refractivity contribution in [2.24, 2.45) is 10.7 Å². The Hall–Kier alpha value is -1.10. The van der Waals surface area contributed by atoms with E-state index in [0.717, 1.165) is 0 Å². The summed E-state index contributed by atoms with van der Waals surface area (Å²) in [7, 11) is 0. The molecule has 1 amide bonds. The number of nitrogens with zero attached hydrogens (tertiary/aromatic N) is 2. The van der Waals surface area contributed by atoms with Gasteiger partial charge < -0.3 is 5.73 Å². The van der Waals surface area contributed by atoms with Gasteiger partial charge in [0.2, 0.25) is 5.84 Å². The lowest BCUT2D eigenvalue weighted by molar-refractivity contribution is -0.112. The number of amidine groups is 1. The number of primary amides is 1. The van der Waals surface area contributed by atoms with Crippen molar-refractivity contribution in [3.63, 3.8) is 0 Å². The number of carbonyl (C=O) groups excluding carboxylic acids is 1. The van der Waals surface area contributed by atoms with E-state index in [1.54, 1.807) is 0 Å². The van der Waals surface area contributed by atoms with Crippen LogP contribution in [0.25, 0.3) is 0 Å². The van der Waals surface area contributed by atoms with E-state index in [0.29, 0.717) is 6.04 Å². The zero-order chi connectivity index (χ0) is 9.30. The summed E-state index contributed by atoms with van der Waals surface area (Å²) in [4.78, 5) is 14.8. The molecular weight excluding hydrogens is 156 g/mol. The molecule has 3 N–H and O–H groups in total. The van der Waals surface area contributed by atoms with Crippen molar-refractivity contribution in [1.29, 1.82) is 0 Å². The van der Waals surface area contributed by atoms with Crippen LogP contribution >= 0.6 is 0 Å². The van der Waals surface area contributed by atoms with Crippen LogP contribution in [-0.4, -0.2) is 29.0 Å². The molecule has 0 aromatic heterocycles. The fourth-order valence-electron chi connectivity index (χ4n) is 1.17. The van der Waals surface area contributed by atoms with Crippen LogP contribution in [0.4, 0.5) is 0 Å². The van der Waals surface area contributed by atoms with Crippen LogP contribution in [0, 0.1) is 0 Å². The maximum absolute atomic E-state index is 10.7. The minimum absolute atomic E-state index is 0.0208. The highest BCUT2D eigenvalue weighted by atomic mass is 16.1. The second-order valence-corrected chi connectivity index (χ2v) is 3.09. The monoisotopic (exact) mass is 170 g/mol. The molecule has 12 heavy (non-hydrogen) atoms. The Morgan fingerprint density at radius 1 is 1.75 bits per heavy atom. The number of carbonyl (C=O) groups is 1. The number of hydrazine groups is 1. The van der Waals surface area contributed by atoms with Crippen molar-refractivity contribution in [1.82, 2.24) is 10.4 Å². The third kappa shape index (κ3) is 1.55. The lowest BCUT2D eigenvalue weighted by Crippen LogP contribution is -2.47. The molecule has 0 spiro atoms. The second-order valence-electron chi connectivity index (χ2n) is 3.09. The van der Waals surface area contributed by atoms with Gasteiger partial charge >= 0.3 is 0 Å². The minimum atomic E-state index is -0.509. The summed E-state index contributed by atoms with van der Waals surface area (Å²) in [5, 5.41) is 1.88. The van der Waals surface area contributed by atoms with Gasteiger partial charge in [0.05, 0.1) is 0 Å². The molecule has 0 fully saturated rings. The first kappa shape index (κ1) is 8.99. The Morgan fingerprint density at radius 3 is 2.58 bits per heavy atom. The molecule has 0 radical (unpaired) electrons. The van der Waals surface area contributed by atoms with E-state index in [1.807, 2.05) is 25.8 Å². The summed E-state index contributed by atoms with van der Waals surface area (Å²) < 4.78 is 0. The molecule has 68 valence electrons. The summed E-state index contributed by atoms with van der Waals surface area (Å²) in [6, 6.07) is 0.292. The van der Waals surface area contributed by atoms with Crippen molar-refractivity contribution >= 4 is 11.7 Å². The molecule has 0 aromatic carbocycles. The van der Waals surface area contributed by atoms with Gasteiger partial charge in [-0.05, 0) is 20.8 Å². The van der Waals surface area contributed by atoms with E-state index in [2.05, 4.69) is 10.4 Å². The Bertz CT molecular complexity index is 223. The van der Waals surface area contributed by atoms with E-state index in [4.69, 9.17) is 5.73 Å². The van der Waals surface area contributed by atoms with E-state index in [1.165, 1.54) is 0 Å². The second kappa shape index (κ2) is 3.10. The van der Waals surface area contributed by atoms with Crippen molar-refractivity contribution in [3.8, 4) is 0 Å². The predicted molar refractivity (Wildman–Crippen MR) is 46.2 cm³/mol. The molecule has 5 heteroatoms. The van der Waals surface area contributed by atoms with E-state index in [9.17, 15) is 4.79 Å². The lowest BCUT2D eigenvalue weighted by Gasteiger charge is -2.23. The van der Waals surface area contributed by atoms with Crippen molar-refractivity contribution in [2.75, 3.05) is 0 Å². The van der Waals surface area contributed by atoms with Crippen LogP contribution in [0.15, 0.2) is 4.99 Å². The minimum Gasteiger partial charge on any atom is -0.363 e. The first-order chi connectivity index (χ1) is 5.52. The summed E-state index contributed by atoms with van der Waals surface area (Å²) >= 11 is 0. The van der Waals surface area contributed by atoms with Crippen molar-refractivity contribution in [2.45, 2.75) is 33.0 Å². The van der Waals surface area contributed by atoms with Gasteiger partial charge in [0.1, 0.15) is 6.17 Å². The van der Waals surface area contributed by atoms with Gasteiger partial charge in [-0.25, -0.2) is 4.99 Å². The van der Waals surface area contributed by atoms with Gasteiger partial charge in [0.25, 0.3) is 5.91 Å². The molecule has 1 heterocycles. The Kier molecular flexibility index (Phi) is 2.32. The zero-order valence-corrected chi connectivity index (χ0v) is 7.53. The quantitative estimate of drug-likeness (QED) is 0.584. The largest absolute Gasteiger partial charge is 0.363 e. The number of amides is 1. The first-order valence-corrected chi connectivity index (χ1v) is 3.95. The topological polar surface area (TPSA) is 70.7 Å². The molecule has 1 aliphatic rings. The fraction of sp³-hybridized carbons (Fsp3) is 0.714. The third-order valence-electron chi connectivity index (χ3n) is 1.74. The van der Waals surface area contributed by atoms with Gasteiger partial charge in [0.15, 0.2) is 0 Å². The summed E-state index contributed by atoms with van der Waals surface area (Å²) in [5.74, 6) is -0.263. The fourth-order valence-corrected chi connectivity index (χ4v) is 1.17. The number of hydrogen-bond donors (Lipinski definition) is 2.